The fraction of sp³-hybridized carbons (Fsp3) is 0.955. The van der Waals surface area contributed by atoms with Crippen LogP contribution >= 0.6 is 0 Å². The predicted molar refractivity (Wildman–Crippen MR) is 102 cm³/mol. The molecular formula is C22H38O4. The van der Waals surface area contributed by atoms with Gasteiger partial charge in [-0.2, -0.15) is 0 Å². The van der Waals surface area contributed by atoms with Gasteiger partial charge < -0.3 is 14.2 Å². The fourth-order valence-corrected chi connectivity index (χ4v) is 5.25. The van der Waals surface area contributed by atoms with Crippen LogP contribution in [0.25, 0.3) is 0 Å². The summed E-state index contributed by atoms with van der Waals surface area (Å²) in [7, 11) is 0. The molecule has 0 N–H and O–H groups in total. The molecule has 4 nitrogen and oxygen atoms in total. The van der Waals surface area contributed by atoms with Gasteiger partial charge in [-0.25, -0.2) is 0 Å². The standard InChI is InChI=1S/C22H38O4/c1-3-5-7-18(22(23)24-4-2)12-15-21-25-19-13-14-20(26-21)17-9-6-8-16(19)10-11-17/h16-21H,3-15H2,1-2H3. The molecule has 3 fully saturated rings. The maximum Gasteiger partial charge on any atom is 0.308 e. The van der Waals surface area contributed by atoms with Crippen LogP contribution in [-0.4, -0.2) is 31.1 Å². The Bertz CT molecular complexity index is 416. The summed E-state index contributed by atoms with van der Waals surface area (Å²) in [6.45, 7) is 4.52. The van der Waals surface area contributed by atoms with E-state index >= 15 is 0 Å². The number of ether oxygens (including phenoxy) is 3. The van der Waals surface area contributed by atoms with E-state index in [1.54, 1.807) is 0 Å². The molecule has 0 aromatic carbocycles. The summed E-state index contributed by atoms with van der Waals surface area (Å²) >= 11 is 0. The van der Waals surface area contributed by atoms with Crippen LogP contribution in [0.3, 0.4) is 0 Å². The van der Waals surface area contributed by atoms with Gasteiger partial charge in [0.25, 0.3) is 0 Å². The fourth-order valence-electron chi connectivity index (χ4n) is 5.25. The Morgan fingerprint density at radius 2 is 1.62 bits per heavy atom. The van der Waals surface area contributed by atoms with Crippen molar-refractivity contribution in [3.63, 3.8) is 0 Å². The van der Waals surface area contributed by atoms with Crippen LogP contribution < -0.4 is 0 Å². The highest BCUT2D eigenvalue weighted by Crippen LogP contribution is 2.42. The third-order valence-electron chi connectivity index (χ3n) is 6.78. The van der Waals surface area contributed by atoms with E-state index in [4.69, 9.17) is 14.2 Å². The maximum absolute atomic E-state index is 12.3. The Hall–Kier alpha value is -0.610. The minimum Gasteiger partial charge on any atom is -0.466 e. The lowest BCUT2D eigenvalue weighted by Crippen LogP contribution is -2.30. The van der Waals surface area contributed by atoms with Gasteiger partial charge in [-0.1, -0.05) is 26.2 Å². The summed E-state index contributed by atoms with van der Waals surface area (Å²) in [6.07, 6.45) is 14.2. The van der Waals surface area contributed by atoms with E-state index in [1.807, 2.05) is 6.92 Å². The zero-order valence-corrected chi connectivity index (χ0v) is 16.8. The Balaban J connectivity index is 1.60. The molecule has 0 radical (unpaired) electrons. The summed E-state index contributed by atoms with van der Waals surface area (Å²) in [5, 5.41) is 0. The van der Waals surface area contributed by atoms with Crippen molar-refractivity contribution in [2.75, 3.05) is 6.61 Å². The Kier molecular flexibility index (Phi) is 7.80. The van der Waals surface area contributed by atoms with E-state index in [9.17, 15) is 4.79 Å². The number of hydrogen-bond donors (Lipinski definition) is 0. The first kappa shape index (κ1) is 20.1. The third-order valence-corrected chi connectivity index (χ3v) is 6.78. The maximum atomic E-state index is 12.3. The minimum atomic E-state index is -0.132. The lowest BCUT2D eigenvalue weighted by atomic mass is 9.84. The van der Waals surface area contributed by atoms with Crippen LogP contribution in [0.5, 0.6) is 0 Å². The van der Waals surface area contributed by atoms with Crippen molar-refractivity contribution < 1.29 is 19.0 Å². The van der Waals surface area contributed by atoms with Crippen molar-refractivity contribution in [2.45, 2.75) is 109 Å². The topological polar surface area (TPSA) is 44.8 Å². The zero-order valence-electron chi connectivity index (χ0n) is 16.8. The average Bonchev–Trinajstić information content (AvgIpc) is 2.95. The van der Waals surface area contributed by atoms with Crippen LogP contribution in [0.4, 0.5) is 0 Å². The second-order valence-corrected chi connectivity index (χ2v) is 8.55. The molecule has 0 aromatic rings. The summed E-state index contributed by atoms with van der Waals surface area (Å²) in [4.78, 5) is 12.3. The van der Waals surface area contributed by atoms with E-state index in [1.165, 1.54) is 32.1 Å². The van der Waals surface area contributed by atoms with Gasteiger partial charge in [-0.05, 0) is 76.5 Å². The smallest absolute Gasteiger partial charge is 0.308 e. The highest BCUT2D eigenvalue weighted by Gasteiger charge is 2.39. The molecule has 1 heterocycles. The molecule has 1 saturated heterocycles. The zero-order chi connectivity index (χ0) is 18.4. The normalized spacial score (nSPS) is 35.2. The molecule has 26 heavy (non-hydrogen) atoms. The average molecular weight is 367 g/mol. The number of carbonyl (C=O) groups excluding carboxylic acids is 1. The van der Waals surface area contributed by atoms with Gasteiger partial charge in [-0.3, -0.25) is 4.79 Å². The lowest BCUT2D eigenvalue weighted by molar-refractivity contribution is -0.195. The quantitative estimate of drug-likeness (QED) is 0.435. The van der Waals surface area contributed by atoms with Gasteiger partial charge in [-0.15, -0.1) is 0 Å². The van der Waals surface area contributed by atoms with Gasteiger partial charge in [0.2, 0.25) is 0 Å². The second kappa shape index (κ2) is 10.1. The summed E-state index contributed by atoms with van der Waals surface area (Å²) < 4.78 is 18.2. The Morgan fingerprint density at radius 3 is 2.19 bits per heavy atom. The molecule has 2 aliphatic carbocycles. The molecule has 0 amide bonds. The van der Waals surface area contributed by atoms with E-state index in [-0.39, 0.29) is 18.2 Å². The van der Waals surface area contributed by atoms with E-state index in [0.717, 1.165) is 44.9 Å². The van der Waals surface area contributed by atoms with E-state index in [0.29, 0.717) is 30.7 Å². The highest BCUT2D eigenvalue weighted by atomic mass is 16.7. The van der Waals surface area contributed by atoms with E-state index < -0.39 is 0 Å². The van der Waals surface area contributed by atoms with Crippen molar-refractivity contribution in [3.8, 4) is 0 Å². The Morgan fingerprint density at radius 1 is 0.962 bits per heavy atom. The van der Waals surface area contributed by atoms with E-state index in [2.05, 4.69) is 6.92 Å². The molecule has 5 atom stereocenters. The van der Waals surface area contributed by atoms with Crippen LogP contribution in [-0.2, 0) is 19.0 Å². The molecule has 2 saturated carbocycles. The first-order valence-electron chi connectivity index (χ1n) is 11.2. The van der Waals surface area contributed by atoms with Crippen molar-refractivity contribution in [2.24, 2.45) is 17.8 Å². The van der Waals surface area contributed by atoms with Gasteiger partial charge in [0, 0.05) is 0 Å². The monoisotopic (exact) mass is 366 g/mol. The van der Waals surface area contributed by atoms with Crippen molar-refractivity contribution in [1.29, 1.82) is 0 Å². The number of carbonyl (C=O) groups is 1. The molecule has 0 aromatic heterocycles. The number of unbranched alkanes of at least 4 members (excludes halogenated alkanes) is 1. The van der Waals surface area contributed by atoms with Crippen LogP contribution in [0.15, 0.2) is 0 Å². The molecule has 3 rings (SSSR count). The SMILES string of the molecule is CCCCC(CCC1OC2CCC(O1)C1CCCC2CC1)C(=O)OCC. The third kappa shape index (κ3) is 5.22. The molecule has 1 aliphatic heterocycles. The largest absolute Gasteiger partial charge is 0.466 e. The predicted octanol–water partition coefficient (Wildman–Crippen LogP) is 5.24. The number of fused-ring (bicyclic) bond motifs is 8. The lowest BCUT2D eigenvalue weighted by Gasteiger charge is -2.28. The van der Waals surface area contributed by atoms with Gasteiger partial charge in [0.15, 0.2) is 6.29 Å². The van der Waals surface area contributed by atoms with Gasteiger partial charge in [0.1, 0.15) is 0 Å². The number of esters is 1. The first-order chi connectivity index (χ1) is 12.7. The van der Waals surface area contributed by atoms with Gasteiger partial charge >= 0.3 is 5.97 Å². The second-order valence-electron chi connectivity index (χ2n) is 8.55. The molecule has 3 aliphatic rings. The summed E-state index contributed by atoms with van der Waals surface area (Å²) in [5.74, 6) is 1.38. The Labute approximate surface area is 159 Å². The van der Waals surface area contributed by atoms with Gasteiger partial charge in [0.05, 0.1) is 24.7 Å². The van der Waals surface area contributed by atoms with Crippen molar-refractivity contribution in [1.82, 2.24) is 0 Å². The molecule has 0 spiro atoms. The summed E-state index contributed by atoms with van der Waals surface area (Å²) in [6, 6.07) is 0. The highest BCUT2D eigenvalue weighted by molar-refractivity contribution is 5.72. The van der Waals surface area contributed by atoms with Crippen LogP contribution in [0.2, 0.25) is 0 Å². The minimum absolute atomic E-state index is 0.00752. The molecule has 150 valence electrons. The summed E-state index contributed by atoms with van der Waals surface area (Å²) in [5.41, 5.74) is 0. The number of hydrogen-bond acceptors (Lipinski definition) is 4. The van der Waals surface area contributed by atoms with Crippen molar-refractivity contribution in [3.05, 3.63) is 0 Å². The molecule has 4 bridgehead atoms. The molecule has 5 unspecified atom stereocenters. The molecular weight excluding hydrogens is 328 g/mol. The first-order valence-corrected chi connectivity index (χ1v) is 11.2. The number of rotatable bonds is 8. The molecule has 4 heteroatoms. The van der Waals surface area contributed by atoms with Crippen LogP contribution in [0, 0.1) is 17.8 Å². The van der Waals surface area contributed by atoms with Crippen LogP contribution in [0.1, 0.15) is 90.9 Å². The van der Waals surface area contributed by atoms with Crippen molar-refractivity contribution >= 4 is 5.97 Å².